The normalized spacial score (nSPS) is 13.1. The number of benzene rings is 2. The van der Waals surface area contributed by atoms with Gasteiger partial charge in [-0.3, -0.25) is 0 Å². The zero-order valence-corrected chi connectivity index (χ0v) is 12.9. The predicted octanol–water partition coefficient (Wildman–Crippen LogP) is 4.38. The number of nitrogens with zero attached hydrogens (tertiary/aromatic N) is 1. The van der Waals surface area contributed by atoms with Gasteiger partial charge < -0.3 is 9.64 Å². The largest absolute Gasteiger partial charge is 0.497 e. The summed E-state index contributed by atoms with van der Waals surface area (Å²) in [6.07, 6.45) is 4.02. The van der Waals surface area contributed by atoms with Crippen molar-refractivity contribution >= 4 is 16.8 Å². The van der Waals surface area contributed by atoms with Gasteiger partial charge in [0.05, 0.1) is 7.11 Å². The van der Waals surface area contributed by atoms with Gasteiger partial charge in [-0.15, -0.1) is 0 Å². The van der Waals surface area contributed by atoms with Crippen LogP contribution in [0.3, 0.4) is 0 Å². The van der Waals surface area contributed by atoms with Gasteiger partial charge in [-0.25, -0.2) is 4.39 Å². The molecule has 22 heavy (non-hydrogen) atoms. The molecule has 0 saturated carbocycles. The van der Waals surface area contributed by atoms with E-state index in [-0.39, 0.29) is 5.82 Å². The van der Waals surface area contributed by atoms with E-state index in [1.807, 2.05) is 67.5 Å². The number of methoxy groups -OCH3 is 1. The van der Waals surface area contributed by atoms with Crippen molar-refractivity contribution in [2.45, 2.75) is 0 Å². The van der Waals surface area contributed by atoms with Crippen LogP contribution in [0.4, 0.5) is 10.1 Å². The molecule has 3 rings (SSSR count). The molecule has 1 aliphatic rings. The fourth-order valence-corrected chi connectivity index (χ4v) is 2.44. The third kappa shape index (κ3) is 2.62. The number of halogens is 1. The molecule has 0 spiro atoms. The first-order chi connectivity index (χ1) is 10.6. The molecule has 0 aliphatic heterocycles. The molecule has 112 valence electrons. The van der Waals surface area contributed by atoms with Crippen molar-refractivity contribution in [2.24, 2.45) is 0 Å². The first-order valence-electron chi connectivity index (χ1n) is 7.13. The van der Waals surface area contributed by atoms with Crippen LogP contribution < -0.4 is 9.64 Å². The molecule has 0 N–H and O–H groups in total. The SMILES string of the molecule is COc1ccc(C2=CC(c3ccc(N(C)C)cc3F)=C2)cc1. The van der Waals surface area contributed by atoms with Crippen LogP contribution in [0.2, 0.25) is 0 Å². The van der Waals surface area contributed by atoms with Crippen LogP contribution in [0.1, 0.15) is 11.1 Å². The lowest BCUT2D eigenvalue weighted by molar-refractivity contribution is 0.415. The van der Waals surface area contributed by atoms with Gasteiger partial charge in [0.1, 0.15) is 11.6 Å². The molecule has 0 unspecified atom stereocenters. The number of hydrogen-bond acceptors (Lipinski definition) is 2. The van der Waals surface area contributed by atoms with Crippen LogP contribution in [0.25, 0.3) is 11.1 Å². The lowest BCUT2D eigenvalue weighted by Gasteiger charge is -2.18. The van der Waals surface area contributed by atoms with Crippen molar-refractivity contribution in [3.8, 4) is 5.75 Å². The van der Waals surface area contributed by atoms with Crippen molar-refractivity contribution in [1.29, 1.82) is 0 Å². The molecule has 2 aromatic rings. The topological polar surface area (TPSA) is 12.5 Å². The summed E-state index contributed by atoms with van der Waals surface area (Å²) in [5, 5.41) is 0. The van der Waals surface area contributed by atoms with E-state index >= 15 is 0 Å². The molecule has 0 bridgehead atoms. The number of rotatable bonds is 4. The molecular weight excluding hydrogens is 277 g/mol. The summed E-state index contributed by atoms with van der Waals surface area (Å²) in [7, 11) is 5.45. The zero-order valence-electron chi connectivity index (χ0n) is 12.9. The number of anilines is 1. The monoisotopic (exact) mass is 295 g/mol. The van der Waals surface area contributed by atoms with E-state index in [1.165, 1.54) is 0 Å². The van der Waals surface area contributed by atoms with E-state index in [1.54, 1.807) is 13.2 Å². The van der Waals surface area contributed by atoms with Gasteiger partial charge >= 0.3 is 0 Å². The molecule has 0 fully saturated rings. The average Bonchev–Trinajstić information content (AvgIpc) is 2.48. The van der Waals surface area contributed by atoms with Crippen molar-refractivity contribution in [1.82, 2.24) is 0 Å². The fraction of sp³-hybridized carbons (Fsp3) is 0.158. The molecule has 0 aromatic heterocycles. The van der Waals surface area contributed by atoms with E-state index in [9.17, 15) is 4.39 Å². The molecule has 0 atom stereocenters. The third-order valence-corrected chi connectivity index (χ3v) is 3.83. The van der Waals surface area contributed by atoms with Crippen molar-refractivity contribution in [3.63, 3.8) is 0 Å². The number of hydrogen-bond donors (Lipinski definition) is 0. The Labute approximate surface area is 130 Å². The summed E-state index contributed by atoms with van der Waals surface area (Å²) < 4.78 is 19.3. The van der Waals surface area contributed by atoms with Crippen molar-refractivity contribution in [3.05, 3.63) is 71.6 Å². The van der Waals surface area contributed by atoms with E-state index in [2.05, 4.69) is 0 Å². The maximum Gasteiger partial charge on any atom is 0.133 e. The Morgan fingerprint density at radius 1 is 0.909 bits per heavy atom. The minimum Gasteiger partial charge on any atom is -0.497 e. The van der Waals surface area contributed by atoms with Gasteiger partial charge in [-0.05, 0) is 59.2 Å². The molecule has 3 heteroatoms. The Kier molecular flexibility index (Phi) is 3.72. The Balaban J connectivity index is 1.79. The van der Waals surface area contributed by atoms with Crippen LogP contribution in [-0.4, -0.2) is 21.2 Å². The summed E-state index contributed by atoms with van der Waals surface area (Å²) in [6, 6.07) is 13.2. The van der Waals surface area contributed by atoms with Crippen LogP contribution >= 0.6 is 0 Å². The molecule has 0 radical (unpaired) electrons. The highest BCUT2D eigenvalue weighted by Gasteiger charge is 2.15. The van der Waals surface area contributed by atoms with Crippen molar-refractivity contribution in [2.75, 3.05) is 26.1 Å². The van der Waals surface area contributed by atoms with Crippen LogP contribution in [0.15, 0.2) is 54.6 Å². The van der Waals surface area contributed by atoms with Gasteiger partial charge in [0, 0.05) is 25.3 Å². The van der Waals surface area contributed by atoms with Gasteiger partial charge in [-0.1, -0.05) is 12.1 Å². The molecule has 0 amide bonds. The van der Waals surface area contributed by atoms with E-state index in [4.69, 9.17) is 4.74 Å². The minimum atomic E-state index is -0.192. The van der Waals surface area contributed by atoms with Gasteiger partial charge in [0.2, 0.25) is 0 Å². The van der Waals surface area contributed by atoms with Crippen LogP contribution in [0, 0.1) is 5.82 Å². The van der Waals surface area contributed by atoms with E-state index in [0.717, 1.165) is 28.1 Å². The predicted molar refractivity (Wildman–Crippen MR) is 89.7 cm³/mol. The lowest BCUT2D eigenvalue weighted by atomic mass is 9.88. The standard InChI is InChI=1S/C19H18FNO/c1-21(2)16-6-9-18(19(20)12-16)15-10-14(11-15)13-4-7-17(22-3)8-5-13/h4-12H,1-3H3. The maximum absolute atomic E-state index is 14.2. The smallest absolute Gasteiger partial charge is 0.133 e. The van der Waals surface area contributed by atoms with Gasteiger partial charge in [-0.2, -0.15) is 0 Å². The summed E-state index contributed by atoms with van der Waals surface area (Å²) in [5.41, 5.74) is 4.64. The van der Waals surface area contributed by atoms with Crippen LogP contribution in [-0.2, 0) is 0 Å². The van der Waals surface area contributed by atoms with E-state index in [0.29, 0.717) is 5.56 Å². The number of allylic oxidation sites excluding steroid dienone is 4. The molecule has 0 saturated heterocycles. The first kappa shape index (κ1) is 14.4. The fourth-order valence-electron chi connectivity index (χ4n) is 2.44. The maximum atomic E-state index is 14.2. The van der Waals surface area contributed by atoms with Crippen molar-refractivity contribution < 1.29 is 9.13 Å². The Bertz CT molecular complexity index is 758. The average molecular weight is 295 g/mol. The second-order valence-electron chi connectivity index (χ2n) is 5.49. The first-order valence-corrected chi connectivity index (χ1v) is 7.13. The second kappa shape index (κ2) is 5.68. The molecule has 2 nitrogen and oxygen atoms in total. The highest BCUT2D eigenvalue weighted by atomic mass is 19.1. The summed E-state index contributed by atoms with van der Waals surface area (Å²) in [4.78, 5) is 1.89. The summed E-state index contributed by atoms with van der Waals surface area (Å²) in [6.45, 7) is 0. The zero-order chi connectivity index (χ0) is 15.7. The Morgan fingerprint density at radius 3 is 2.14 bits per heavy atom. The van der Waals surface area contributed by atoms with Gasteiger partial charge in [0.25, 0.3) is 0 Å². The van der Waals surface area contributed by atoms with Gasteiger partial charge in [0.15, 0.2) is 0 Å². The minimum absolute atomic E-state index is 0.192. The van der Waals surface area contributed by atoms with E-state index < -0.39 is 0 Å². The highest BCUT2D eigenvalue weighted by molar-refractivity contribution is 6.01. The summed E-state index contributed by atoms with van der Waals surface area (Å²) >= 11 is 0. The summed E-state index contributed by atoms with van der Waals surface area (Å²) in [5.74, 6) is 0.640. The molecule has 0 heterocycles. The Morgan fingerprint density at radius 2 is 1.59 bits per heavy atom. The third-order valence-electron chi connectivity index (χ3n) is 3.83. The Hall–Kier alpha value is -2.55. The molecule has 2 aromatic carbocycles. The highest BCUT2D eigenvalue weighted by Crippen LogP contribution is 2.36. The molecule has 1 aliphatic carbocycles. The lowest BCUT2D eigenvalue weighted by Crippen LogP contribution is -2.09. The molecular formula is C19H18FNO. The quantitative estimate of drug-likeness (QED) is 0.830. The van der Waals surface area contributed by atoms with Crippen LogP contribution in [0.5, 0.6) is 5.75 Å². The second-order valence-corrected chi connectivity index (χ2v) is 5.49. The number of ether oxygens (including phenoxy) is 1.